The Labute approximate surface area is 71.3 Å². The molecule has 0 aromatic heterocycles. The summed E-state index contributed by atoms with van der Waals surface area (Å²) in [6.07, 6.45) is 1.58. The van der Waals surface area contributed by atoms with E-state index in [0.29, 0.717) is 13.0 Å². The average molecular weight is 177 g/mol. The second kappa shape index (κ2) is 6.49. The quantitative estimate of drug-likeness (QED) is 0.592. The van der Waals surface area contributed by atoms with Crippen molar-refractivity contribution in [1.29, 1.82) is 0 Å². The van der Waals surface area contributed by atoms with Gasteiger partial charge in [-0.05, 0) is 25.1 Å². The molecule has 0 aliphatic rings. The van der Waals surface area contributed by atoms with Crippen LogP contribution in [0.4, 0.5) is 0 Å². The number of rotatable bonds is 6. The summed E-state index contributed by atoms with van der Waals surface area (Å²) >= 11 is 1.47. The summed E-state index contributed by atoms with van der Waals surface area (Å²) in [6, 6.07) is 0. The lowest BCUT2D eigenvalue weighted by Gasteiger charge is -2.07. The topological polar surface area (TPSA) is 63.3 Å². The van der Waals surface area contributed by atoms with Gasteiger partial charge in [0.05, 0.1) is 0 Å². The third-order valence-electron chi connectivity index (χ3n) is 1.31. The van der Waals surface area contributed by atoms with Crippen molar-refractivity contribution in [3.8, 4) is 0 Å². The molecule has 0 heterocycles. The lowest BCUT2D eigenvalue weighted by atomic mass is 10.3. The molecule has 0 amide bonds. The lowest BCUT2D eigenvalue weighted by Crippen LogP contribution is -2.16. The second-order valence-electron chi connectivity index (χ2n) is 2.25. The molecule has 3 N–H and O–H groups in total. The van der Waals surface area contributed by atoms with Crippen LogP contribution in [-0.2, 0) is 4.79 Å². The van der Waals surface area contributed by atoms with Crippen LogP contribution < -0.4 is 5.73 Å². The van der Waals surface area contributed by atoms with Crippen LogP contribution in [0.1, 0.15) is 19.8 Å². The minimum atomic E-state index is -0.713. The fourth-order valence-electron chi connectivity index (χ4n) is 0.673. The Morgan fingerprint density at radius 2 is 2.36 bits per heavy atom. The first-order valence-electron chi connectivity index (χ1n) is 3.76. The Kier molecular flexibility index (Phi) is 6.36. The van der Waals surface area contributed by atoms with Crippen LogP contribution in [-0.4, -0.2) is 28.6 Å². The van der Waals surface area contributed by atoms with E-state index in [9.17, 15) is 4.79 Å². The highest BCUT2D eigenvalue weighted by molar-refractivity contribution is 8.00. The van der Waals surface area contributed by atoms with E-state index in [1.807, 2.05) is 6.92 Å². The average Bonchev–Trinajstić information content (AvgIpc) is 1.97. The third kappa shape index (κ3) is 5.09. The molecule has 0 aliphatic heterocycles. The first kappa shape index (κ1) is 10.8. The molecule has 1 unspecified atom stereocenters. The first-order chi connectivity index (χ1) is 5.22. The van der Waals surface area contributed by atoms with Gasteiger partial charge < -0.3 is 10.8 Å². The molecular formula is C7H15NO2S. The predicted octanol–water partition coefficient (Wildman–Crippen LogP) is 0.932. The molecule has 11 heavy (non-hydrogen) atoms. The molecule has 0 aromatic carbocycles. The van der Waals surface area contributed by atoms with E-state index < -0.39 is 5.97 Å². The van der Waals surface area contributed by atoms with Gasteiger partial charge in [-0.25, -0.2) is 0 Å². The summed E-state index contributed by atoms with van der Waals surface area (Å²) < 4.78 is 0. The van der Waals surface area contributed by atoms with Gasteiger partial charge in [0.25, 0.3) is 0 Å². The zero-order valence-corrected chi connectivity index (χ0v) is 7.56. The fraction of sp³-hybridized carbons (Fsp3) is 0.857. The van der Waals surface area contributed by atoms with Crippen molar-refractivity contribution in [2.45, 2.75) is 25.0 Å². The standard InChI is InChI=1S/C7H15NO2S/c1-2-6(7(9)10)11-5-3-4-8/h6H,2-5,8H2,1H3,(H,9,10). The SMILES string of the molecule is CCC(SCCCN)C(=O)O. The molecule has 4 heteroatoms. The molecule has 3 nitrogen and oxygen atoms in total. The van der Waals surface area contributed by atoms with Gasteiger partial charge >= 0.3 is 5.97 Å². The van der Waals surface area contributed by atoms with E-state index in [-0.39, 0.29) is 5.25 Å². The molecule has 66 valence electrons. The van der Waals surface area contributed by atoms with Gasteiger partial charge in [-0.2, -0.15) is 0 Å². The third-order valence-corrected chi connectivity index (χ3v) is 2.78. The highest BCUT2D eigenvalue weighted by Gasteiger charge is 2.13. The van der Waals surface area contributed by atoms with Crippen LogP contribution in [0.3, 0.4) is 0 Å². The van der Waals surface area contributed by atoms with E-state index in [0.717, 1.165) is 12.2 Å². The zero-order chi connectivity index (χ0) is 8.69. The van der Waals surface area contributed by atoms with Crippen LogP contribution in [0, 0.1) is 0 Å². The minimum absolute atomic E-state index is 0.249. The molecule has 0 saturated carbocycles. The molecule has 0 aliphatic carbocycles. The number of carbonyl (C=O) groups is 1. The predicted molar refractivity (Wildman–Crippen MR) is 47.8 cm³/mol. The van der Waals surface area contributed by atoms with E-state index in [4.69, 9.17) is 10.8 Å². The zero-order valence-electron chi connectivity index (χ0n) is 6.75. The highest BCUT2D eigenvalue weighted by Crippen LogP contribution is 2.14. The summed E-state index contributed by atoms with van der Waals surface area (Å²) in [5.74, 6) is 0.135. The van der Waals surface area contributed by atoms with Crippen molar-refractivity contribution in [2.75, 3.05) is 12.3 Å². The molecule has 0 bridgehead atoms. The van der Waals surface area contributed by atoms with Crippen molar-refractivity contribution < 1.29 is 9.90 Å². The van der Waals surface area contributed by atoms with Crippen molar-refractivity contribution in [2.24, 2.45) is 5.73 Å². The molecule has 1 atom stereocenters. The van der Waals surface area contributed by atoms with Crippen LogP contribution >= 0.6 is 11.8 Å². The Hall–Kier alpha value is -0.220. The summed E-state index contributed by atoms with van der Waals surface area (Å²) in [6.45, 7) is 2.53. The Bertz CT molecular complexity index is 119. The number of thioether (sulfide) groups is 1. The maximum absolute atomic E-state index is 10.5. The summed E-state index contributed by atoms with van der Waals surface area (Å²) in [5, 5.41) is 8.37. The summed E-state index contributed by atoms with van der Waals surface area (Å²) in [4.78, 5) is 10.5. The fourth-order valence-corrected chi connectivity index (χ4v) is 1.67. The van der Waals surface area contributed by atoms with Crippen LogP contribution in [0.2, 0.25) is 0 Å². The smallest absolute Gasteiger partial charge is 0.316 e. The monoisotopic (exact) mass is 177 g/mol. The number of carboxylic acid groups (broad SMARTS) is 1. The van der Waals surface area contributed by atoms with Gasteiger partial charge in [-0.3, -0.25) is 4.79 Å². The molecule has 0 saturated heterocycles. The van der Waals surface area contributed by atoms with E-state index >= 15 is 0 Å². The number of hydrogen-bond acceptors (Lipinski definition) is 3. The minimum Gasteiger partial charge on any atom is -0.480 e. The highest BCUT2D eigenvalue weighted by atomic mass is 32.2. The molecule has 0 fully saturated rings. The van der Waals surface area contributed by atoms with Crippen molar-refractivity contribution in [1.82, 2.24) is 0 Å². The summed E-state index contributed by atoms with van der Waals surface area (Å²) in [7, 11) is 0. The van der Waals surface area contributed by atoms with Gasteiger partial charge in [-0.1, -0.05) is 6.92 Å². The second-order valence-corrected chi connectivity index (χ2v) is 3.56. The number of carboxylic acids is 1. The molecule has 0 radical (unpaired) electrons. The van der Waals surface area contributed by atoms with Crippen molar-refractivity contribution in [3.63, 3.8) is 0 Å². The van der Waals surface area contributed by atoms with Crippen LogP contribution in [0.5, 0.6) is 0 Å². The number of nitrogens with two attached hydrogens (primary N) is 1. The van der Waals surface area contributed by atoms with E-state index in [2.05, 4.69) is 0 Å². The maximum atomic E-state index is 10.5. The van der Waals surface area contributed by atoms with Gasteiger partial charge in [0.15, 0.2) is 0 Å². The first-order valence-corrected chi connectivity index (χ1v) is 4.81. The van der Waals surface area contributed by atoms with Crippen molar-refractivity contribution in [3.05, 3.63) is 0 Å². The Morgan fingerprint density at radius 3 is 2.73 bits per heavy atom. The molecule has 0 aromatic rings. The van der Waals surface area contributed by atoms with E-state index in [1.165, 1.54) is 11.8 Å². The van der Waals surface area contributed by atoms with Crippen LogP contribution in [0.15, 0.2) is 0 Å². The number of hydrogen-bond donors (Lipinski definition) is 2. The van der Waals surface area contributed by atoms with Gasteiger partial charge in [0.2, 0.25) is 0 Å². The Morgan fingerprint density at radius 1 is 1.73 bits per heavy atom. The van der Waals surface area contributed by atoms with Crippen molar-refractivity contribution >= 4 is 17.7 Å². The normalized spacial score (nSPS) is 12.9. The van der Waals surface area contributed by atoms with Gasteiger partial charge in [0.1, 0.15) is 5.25 Å². The van der Waals surface area contributed by atoms with Crippen LogP contribution in [0.25, 0.3) is 0 Å². The molecule has 0 rings (SSSR count). The largest absolute Gasteiger partial charge is 0.480 e. The molecular weight excluding hydrogens is 162 g/mol. The Balaban J connectivity index is 3.44. The van der Waals surface area contributed by atoms with E-state index in [1.54, 1.807) is 0 Å². The van der Waals surface area contributed by atoms with Gasteiger partial charge in [0, 0.05) is 0 Å². The number of aliphatic carboxylic acids is 1. The van der Waals surface area contributed by atoms with Gasteiger partial charge in [-0.15, -0.1) is 11.8 Å². The molecule has 0 spiro atoms. The summed E-state index contributed by atoms with van der Waals surface area (Å²) in [5.41, 5.74) is 5.27. The lowest BCUT2D eigenvalue weighted by molar-refractivity contribution is -0.136. The maximum Gasteiger partial charge on any atom is 0.316 e.